The van der Waals surface area contributed by atoms with Crippen LogP contribution in [0.2, 0.25) is 0 Å². The van der Waals surface area contributed by atoms with Crippen molar-refractivity contribution < 1.29 is 24.2 Å². The molecule has 0 aromatic carbocycles. The number of hydrogen-bond acceptors (Lipinski definition) is 13. The van der Waals surface area contributed by atoms with Crippen LogP contribution in [-0.2, 0) is 32.0 Å². The molecule has 2 atom stereocenters. The van der Waals surface area contributed by atoms with Crippen LogP contribution in [0.5, 0.6) is 0 Å². The normalized spacial score (nSPS) is 22.2. The van der Waals surface area contributed by atoms with Crippen molar-refractivity contribution in [2.45, 2.75) is 22.1 Å². The molecule has 2 amide bonds. The average molecular weight is 515 g/mol. The molecule has 2 aromatic heterocycles. The van der Waals surface area contributed by atoms with E-state index in [1.165, 1.54) is 58.2 Å². The van der Waals surface area contributed by atoms with Gasteiger partial charge in [-0.3, -0.25) is 14.5 Å². The minimum atomic E-state index is -1.64. The first-order valence-corrected chi connectivity index (χ1v) is 12.5. The number of carboxylic acid groups (broad SMARTS) is 1. The number of nitrogens with zero attached hydrogens (tertiary/aromatic N) is 9. The van der Waals surface area contributed by atoms with Crippen LogP contribution in [0.15, 0.2) is 22.8 Å². The first-order valence-electron chi connectivity index (χ1n) is 9.27. The summed E-state index contributed by atoms with van der Waals surface area (Å²) < 4.78 is 6.91. The summed E-state index contributed by atoms with van der Waals surface area (Å²) in [5.74, 6) is -1.36. The van der Waals surface area contributed by atoms with Gasteiger partial charge < -0.3 is 15.2 Å². The number of carboxylic acids is 1. The smallest absolute Gasteiger partial charge is 0.352 e. The number of thioether (sulfide) groups is 3. The van der Waals surface area contributed by atoms with Crippen LogP contribution in [-0.4, -0.2) is 104 Å². The van der Waals surface area contributed by atoms with E-state index in [9.17, 15) is 19.5 Å². The number of ether oxygens (including phenoxy) is 1. The lowest BCUT2D eigenvalue weighted by molar-refractivity contribution is -0.192. The van der Waals surface area contributed by atoms with Crippen molar-refractivity contribution in [1.29, 1.82) is 0 Å². The van der Waals surface area contributed by atoms with E-state index in [0.717, 1.165) is 4.90 Å². The van der Waals surface area contributed by atoms with Crippen molar-refractivity contribution in [1.82, 2.24) is 50.6 Å². The number of hydrogen-bond donors (Lipinski definition) is 2. The molecule has 33 heavy (non-hydrogen) atoms. The van der Waals surface area contributed by atoms with Crippen LogP contribution < -0.4 is 5.32 Å². The fourth-order valence-electron chi connectivity index (χ4n) is 3.26. The van der Waals surface area contributed by atoms with Gasteiger partial charge in [-0.05, 0) is 21.2 Å². The molecule has 176 valence electrons. The number of aryl methyl sites for hydroxylation is 1. The Morgan fingerprint density at radius 3 is 2.88 bits per heavy atom. The molecule has 2 aliphatic rings. The second-order valence-electron chi connectivity index (χ2n) is 6.74. The predicted octanol–water partition coefficient (Wildman–Crippen LogP) is -1.61. The maximum atomic E-state index is 13.1. The molecule has 0 aliphatic carbocycles. The van der Waals surface area contributed by atoms with E-state index >= 15 is 0 Å². The Morgan fingerprint density at radius 1 is 1.42 bits per heavy atom. The van der Waals surface area contributed by atoms with Gasteiger partial charge in [-0.2, -0.15) is 4.80 Å². The lowest BCUT2D eigenvalue weighted by Crippen LogP contribution is -2.80. The second kappa shape index (κ2) is 9.65. The van der Waals surface area contributed by atoms with E-state index in [2.05, 4.69) is 36.3 Å². The fourth-order valence-corrected chi connectivity index (χ4v) is 6.32. The molecule has 1 fully saturated rings. The summed E-state index contributed by atoms with van der Waals surface area (Å²) in [6.07, 6.45) is 1.28. The minimum Gasteiger partial charge on any atom is -0.477 e. The van der Waals surface area contributed by atoms with E-state index in [4.69, 9.17) is 4.74 Å². The number of aliphatic carboxylic acids is 1. The van der Waals surface area contributed by atoms with E-state index in [0.29, 0.717) is 28.1 Å². The van der Waals surface area contributed by atoms with Crippen LogP contribution in [0.3, 0.4) is 0 Å². The number of β-lactam (4-membered cyclic amide) rings is 1. The molecule has 0 radical (unpaired) electrons. The Hall–Kier alpha value is -2.70. The molecule has 0 spiro atoms. The van der Waals surface area contributed by atoms with E-state index < -0.39 is 28.9 Å². The highest BCUT2D eigenvalue weighted by atomic mass is 32.2. The van der Waals surface area contributed by atoms with Gasteiger partial charge in [-0.25, -0.2) is 9.48 Å². The topological polar surface area (TPSA) is 183 Å². The van der Waals surface area contributed by atoms with Crippen LogP contribution in [0.25, 0.3) is 0 Å². The lowest BCUT2D eigenvalue weighted by Gasteiger charge is -2.55. The molecule has 2 aliphatic heterocycles. The Morgan fingerprint density at radius 2 is 2.24 bits per heavy atom. The zero-order valence-corrected chi connectivity index (χ0v) is 19.8. The van der Waals surface area contributed by atoms with Gasteiger partial charge in [0.15, 0.2) is 6.33 Å². The molecule has 0 bridgehead atoms. The Labute approximate surface area is 199 Å². The lowest BCUT2D eigenvalue weighted by atomic mass is 9.98. The molecule has 2 N–H and O–H groups in total. The molecule has 4 heterocycles. The number of carbonyl (C=O) groups is 3. The van der Waals surface area contributed by atoms with Crippen LogP contribution in [0, 0.1) is 0 Å². The Kier molecular flexibility index (Phi) is 6.86. The Bertz CT molecular complexity index is 1090. The number of aromatic nitrogens is 8. The summed E-state index contributed by atoms with van der Waals surface area (Å²) in [5.41, 5.74) is -1.20. The summed E-state index contributed by atoms with van der Waals surface area (Å²) in [6.45, 7) is 0. The second-order valence-corrected chi connectivity index (χ2v) is 9.71. The summed E-state index contributed by atoms with van der Waals surface area (Å²) in [6, 6.07) is 0. The zero-order chi connectivity index (χ0) is 23.6. The molecule has 2 aromatic rings. The van der Waals surface area contributed by atoms with Crippen LogP contribution >= 0.6 is 35.3 Å². The molecule has 18 heteroatoms. The number of tetrazole rings is 2. The van der Waals surface area contributed by atoms with E-state index in [1.54, 1.807) is 7.05 Å². The molecule has 1 saturated heterocycles. The quantitative estimate of drug-likeness (QED) is 0.210. The number of carbonyl (C=O) groups excluding carboxylic acids is 2. The van der Waals surface area contributed by atoms with Gasteiger partial charge in [-0.1, -0.05) is 11.8 Å². The van der Waals surface area contributed by atoms with Crippen molar-refractivity contribution in [3.63, 3.8) is 0 Å². The third kappa shape index (κ3) is 4.42. The van der Waals surface area contributed by atoms with Gasteiger partial charge in [0.1, 0.15) is 16.9 Å². The first kappa shape index (κ1) is 23.5. The molecule has 1 unspecified atom stereocenters. The van der Waals surface area contributed by atoms with Gasteiger partial charge in [0.25, 0.3) is 11.6 Å². The highest BCUT2D eigenvalue weighted by Crippen LogP contribution is 2.47. The third-order valence-electron chi connectivity index (χ3n) is 4.75. The summed E-state index contributed by atoms with van der Waals surface area (Å²) in [7, 11) is 2.98. The van der Waals surface area contributed by atoms with Gasteiger partial charge in [-0.15, -0.1) is 38.8 Å². The first-order chi connectivity index (χ1) is 15.9. The van der Waals surface area contributed by atoms with Crippen LogP contribution in [0.4, 0.5) is 0 Å². The zero-order valence-electron chi connectivity index (χ0n) is 17.3. The maximum absolute atomic E-state index is 13.1. The Balaban J connectivity index is 1.44. The average Bonchev–Trinajstić information content (AvgIpc) is 3.46. The summed E-state index contributed by atoms with van der Waals surface area (Å²) in [5, 5.41) is 34.6. The molecule has 0 saturated carbocycles. The fraction of sp³-hybridized carbons (Fsp3) is 0.533. The number of nitrogens with one attached hydrogen (secondary N) is 1. The monoisotopic (exact) mass is 514 g/mol. The number of amides is 2. The number of methoxy groups -OCH3 is 1. The molecular formula is C15H18N10O5S3. The van der Waals surface area contributed by atoms with Crippen molar-refractivity contribution in [3.05, 3.63) is 17.6 Å². The molecular weight excluding hydrogens is 496 g/mol. The van der Waals surface area contributed by atoms with Crippen molar-refractivity contribution in [3.8, 4) is 0 Å². The largest absolute Gasteiger partial charge is 0.477 e. The SMILES string of the molecule is CO[C@]1(NC(=O)CSCn2ncnn2)C(=O)N2C(C(=O)O)=C(CSc3nnnn3C)CSC21. The summed E-state index contributed by atoms with van der Waals surface area (Å²) in [4.78, 5) is 40.1. The van der Waals surface area contributed by atoms with Gasteiger partial charge in [0.05, 0.1) is 5.75 Å². The highest BCUT2D eigenvalue weighted by molar-refractivity contribution is 8.01. The number of fused-ring (bicyclic) bond motifs is 1. The van der Waals surface area contributed by atoms with Gasteiger partial charge >= 0.3 is 5.97 Å². The summed E-state index contributed by atoms with van der Waals surface area (Å²) >= 11 is 3.81. The van der Waals surface area contributed by atoms with E-state index in [-0.39, 0.29) is 11.4 Å². The van der Waals surface area contributed by atoms with E-state index in [1.807, 2.05) is 0 Å². The standard InChI is InChI=1S/C15H18N10O5S3/c1-23-14(19-20-22-23)33-4-8-3-32-13-15(30-2,12(29)25(13)10(8)11(27)28)18-9(26)5-31-7-24-17-6-16-21-24/h6,13H,3-5,7H2,1-2H3,(H,18,26)(H,27,28)/t13?,15-/m1/s1. The van der Waals surface area contributed by atoms with Crippen molar-refractivity contribution >= 4 is 53.1 Å². The highest BCUT2D eigenvalue weighted by Gasteiger charge is 2.66. The van der Waals surface area contributed by atoms with Crippen molar-refractivity contribution in [2.24, 2.45) is 7.05 Å². The van der Waals surface area contributed by atoms with Gasteiger partial charge in [0, 0.05) is 25.7 Å². The number of rotatable bonds is 10. The predicted molar refractivity (Wildman–Crippen MR) is 115 cm³/mol. The molecule has 4 rings (SSSR count). The third-order valence-corrected chi connectivity index (χ3v) is 8.10. The minimum absolute atomic E-state index is 0.0204. The molecule has 15 nitrogen and oxygen atoms in total. The van der Waals surface area contributed by atoms with Crippen LogP contribution in [0.1, 0.15) is 0 Å². The van der Waals surface area contributed by atoms with Gasteiger partial charge in [0.2, 0.25) is 11.1 Å². The maximum Gasteiger partial charge on any atom is 0.352 e. The van der Waals surface area contributed by atoms with Crippen molar-refractivity contribution in [2.75, 3.05) is 24.4 Å².